The van der Waals surface area contributed by atoms with Gasteiger partial charge in [0.15, 0.2) is 11.5 Å². The largest absolute Gasteiger partial charge is 0.493 e. The molecule has 29 heavy (non-hydrogen) atoms. The van der Waals surface area contributed by atoms with Gasteiger partial charge in [-0.15, -0.1) is 10.2 Å². The van der Waals surface area contributed by atoms with E-state index in [9.17, 15) is 4.79 Å². The van der Waals surface area contributed by atoms with Crippen LogP contribution in [-0.2, 0) is 17.6 Å². The molecular weight excluding hydrogens is 370 g/mol. The van der Waals surface area contributed by atoms with Gasteiger partial charge in [0.05, 0.1) is 14.2 Å². The second kappa shape index (κ2) is 9.73. The van der Waals surface area contributed by atoms with E-state index in [1.165, 1.54) is 0 Å². The summed E-state index contributed by atoms with van der Waals surface area (Å²) in [4.78, 5) is 12.1. The Bertz CT molecular complexity index is 968. The fourth-order valence-corrected chi connectivity index (χ4v) is 2.94. The summed E-state index contributed by atoms with van der Waals surface area (Å²) in [6.45, 7) is 2.54. The van der Waals surface area contributed by atoms with Crippen LogP contribution >= 0.6 is 0 Å². The summed E-state index contributed by atoms with van der Waals surface area (Å²) in [7, 11) is 3.20. The zero-order chi connectivity index (χ0) is 20.6. The van der Waals surface area contributed by atoms with Gasteiger partial charge >= 0.3 is 0 Å². The minimum absolute atomic E-state index is 0.0548. The zero-order valence-corrected chi connectivity index (χ0v) is 16.9. The van der Waals surface area contributed by atoms with Crippen molar-refractivity contribution in [2.75, 3.05) is 20.8 Å². The molecule has 0 saturated heterocycles. The summed E-state index contributed by atoms with van der Waals surface area (Å²) in [6.07, 6.45) is 1.40. The van der Waals surface area contributed by atoms with Crippen LogP contribution < -0.4 is 14.8 Å². The molecule has 0 aliphatic carbocycles. The molecule has 3 aromatic rings. The molecule has 0 saturated carbocycles. The number of aryl methyl sites for hydroxylation is 2. The average molecular weight is 395 g/mol. The van der Waals surface area contributed by atoms with Crippen LogP contribution in [0.4, 0.5) is 0 Å². The number of rotatable bonds is 9. The van der Waals surface area contributed by atoms with Gasteiger partial charge in [0.2, 0.25) is 17.7 Å². The first-order valence-corrected chi connectivity index (χ1v) is 9.46. The van der Waals surface area contributed by atoms with Gasteiger partial charge in [-0.3, -0.25) is 4.79 Å². The highest BCUT2D eigenvalue weighted by atomic mass is 16.5. The van der Waals surface area contributed by atoms with Crippen molar-refractivity contribution in [2.45, 2.75) is 26.2 Å². The van der Waals surface area contributed by atoms with E-state index in [2.05, 4.69) is 15.5 Å². The molecule has 1 heterocycles. The number of hydrogen-bond donors (Lipinski definition) is 1. The highest BCUT2D eigenvalue weighted by Crippen LogP contribution is 2.27. The molecule has 7 nitrogen and oxygen atoms in total. The Morgan fingerprint density at radius 2 is 1.86 bits per heavy atom. The molecule has 7 heteroatoms. The van der Waals surface area contributed by atoms with E-state index in [1.54, 1.807) is 14.2 Å². The van der Waals surface area contributed by atoms with E-state index < -0.39 is 0 Å². The first kappa shape index (κ1) is 20.4. The monoisotopic (exact) mass is 395 g/mol. The van der Waals surface area contributed by atoms with Crippen LogP contribution in [0.1, 0.15) is 23.4 Å². The molecule has 0 fully saturated rings. The highest BCUT2D eigenvalue weighted by molar-refractivity contribution is 5.76. The van der Waals surface area contributed by atoms with E-state index in [4.69, 9.17) is 13.9 Å². The lowest BCUT2D eigenvalue weighted by Gasteiger charge is -2.10. The second-order valence-corrected chi connectivity index (χ2v) is 6.66. The number of carbonyl (C=O) groups excluding carboxylic acids is 1. The van der Waals surface area contributed by atoms with Gasteiger partial charge in [0.1, 0.15) is 0 Å². The van der Waals surface area contributed by atoms with E-state index in [1.807, 2.05) is 49.4 Å². The number of amides is 1. The Morgan fingerprint density at radius 1 is 1.03 bits per heavy atom. The lowest BCUT2D eigenvalue weighted by molar-refractivity contribution is -0.121. The van der Waals surface area contributed by atoms with Crippen molar-refractivity contribution in [1.82, 2.24) is 15.5 Å². The Kier molecular flexibility index (Phi) is 6.84. The van der Waals surface area contributed by atoms with Gasteiger partial charge in [0, 0.05) is 24.9 Å². The topological polar surface area (TPSA) is 86.5 Å². The normalized spacial score (nSPS) is 10.6. The summed E-state index contributed by atoms with van der Waals surface area (Å²) in [6, 6.07) is 13.6. The van der Waals surface area contributed by atoms with Crippen molar-refractivity contribution in [2.24, 2.45) is 0 Å². The molecule has 0 spiro atoms. The minimum Gasteiger partial charge on any atom is -0.493 e. The molecular formula is C22H25N3O4. The Hall–Kier alpha value is -3.35. The number of hydrogen-bond acceptors (Lipinski definition) is 6. The van der Waals surface area contributed by atoms with E-state index in [-0.39, 0.29) is 5.91 Å². The Labute approximate surface area is 170 Å². The molecule has 0 unspecified atom stereocenters. The Morgan fingerprint density at radius 3 is 2.62 bits per heavy atom. The average Bonchev–Trinajstić information content (AvgIpc) is 3.21. The van der Waals surface area contributed by atoms with Crippen LogP contribution in [-0.4, -0.2) is 36.9 Å². The van der Waals surface area contributed by atoms with Crippen molar-refractivity contribution < 1.29 is 18.7 Å². The highest BCUT2D eigenvalue weighted by Gasteiger charge is 2.11. The molecule has 1 amide bonds. The maximum atomic E-state index is 12.1. The van der Waals surface area contributed by atoms with Gasteiger partial charge in [-0.2, -0.15) is 0 Å². The third-order valence-corrected chi connectivity index (χ3v) is 4.48. The van der Waals surface area contributed by atoms with Crippen molar-refractivity contribution >= 4 is 5.91 Å². The first-order valence-electron chi connectivity index (χ1n) is 9.46. The molecule has 2 aromatic carbocycles. The van der Waals surface area contributed by atoms with Gasteiger partial charge in [-0.05, 0) is 43.2 Å². The standard InChI is InChI=1S/C22H25N3O4/c1-15-5-4-6-17(13-15)22-25-24-21(29-22)10-9-20(26)23-12-11-16-7-8-18(27-2)19(14-16)28-3/h4-8,13-14H,9-12H2,1-3H3,(H,23,26). The van der Waals surface area contributed by atoms with E-state index in [0.717, 1.165) is 16.7 Å². The number of benzene rings is 2. The maximum Gasteiger partial charge on any atom is 0.247 e. The molecule has 3 rings (SSSR count). The number of methoxy groups -OCH3 is 2. The number of nitrogens with zero attached hydrogens (tertiary/aromatic N) is 2. The molecule has 0 atom stereocenters. The summed E-state index contributed by atoms with van der Waals surface area (Å²) in [5.74, 6) is 2.23. The van der Waals surface area contributed by atoms with Crippen molar-refractivity contribution in [3.63, 3.8) is 0 Å². The SMILES string of the molecule is COc1ccc(CCNC(=O)CCc2nnc(-c3cccc(C)c3)o2)cc1OC. The molecule has 152 valence electrons. The molecule has 1 N–H and O–H groups in total. The minimum atomic E-state index is -0.0548. The second-order valence-electron chi connectivity index (χ2n) is 6.66. The van der Waals surface area contributed by atoms with Crippen molar-refractivity contribution in [1.29, 1.82) is 0 Å². The van der Waals surface area contributed by atoms with Crippen LogP contribution in [0.2, 0.25) is 0 Å². The van der Waals surface area contributed by atoms with Gasteiger partial charge in [0.25, 0.3) is 0 Å². The number of aromatic nitrogens is 2. The van der Waals surface area contributed by atoms with Crippen molar-refractivity contribution in [3.05, 3.63) is 59.5 Å². The van der Waals surface area contributed by atoms with Crippen LogP contribution in [0.3, 0.4) is 0 Å². The molecule has 0 aliphatic heterocycles. The fraction of sp³-hybridized carbons (Fsp3) is 0.318. The maximum absolute atomic E-state index is 12.1. The van der Waals surface area contributed by atoms with Crippen molar-refractivity contribution in [3.8, 4) is 23.0 Å². The smallest absolute Gasteiger partial charge is 0.247 e. The van der Waals surface area contributed by atoms with Gasteiger partial charge < -0.3 is 19.2 Å². The summed E-state index contributed by atoms with van der Waals surface area (Å²) in [5, 5.41) is 11.0. The summed E-state index contributed by atoms with van der Waals surface area (Å²) in [5.41, 5.74) is 3.06. The van der Waals surface area contributed by atoms with E-state index in [0.29, 0.717) is 49.1 Å². The number of ether oxygens (including phenoxy) is 2. The quantitative estimate of drug-likeness (QED) is 0.598. The molecule has 1 aromatic heterocycles. The summed E-state index contributed by atoms with van der Waals surface area (Å²) >= 11 is 0. The predicted octanol–water partition coefficient (Wildman–Crippen LogP) is 3.35. The molecule has 0 radical (unpaired) electrons. The van der Waals surface area contributed by atoms with Crippen LogP contribution in [0, 0.1) is 6.92 Å². The lowest BCUT2D eigenvalue weighted by atomic mass is 10.1. The predicted molar refractivity (Wildman–Crippen MR) is 109 cm³/mol. The van der Waals surface area contributed by atoms with Crippen LogP contribution in [0.15, 0.2) is 46.9 Å². The van der Waals surface area contributed by atoms with Crippen LogP contribution in [0.5, 0.6) is 11.5 Å². The molecule has 0 aliphatic rings. The lowest BCUT2D eigenvalue weighted by Crippen LogP contribution is -2.25. The van der Waals surface area contributed by atoms with Gasteiger partial charge in [-0.1, -0.05) is 23.8 Å². The third-order valence-electron chi connectivity index (χ3n) is 4.48. The molecule has 0 bridgehead atoms. The van der Waals surface area contributed by atoms with Gasteiger partial charge in [-0.25, -0.2) is 0 Å². The van der Waals surface area contributed by atoms with Crippen LogP contribution in [0.25, 0.3) is 11.5 Å². The number of carbonyl (C=O) groups is 1. The zero-order valence-electron chi connectivity index (χ0n) is 16.9. The van der Waals surface area contributed by atoms with E-state index >= 15 is 0 Å². The Balaban J connectivity index is 1.45. The third kappa shape index (κ3) is 5.57. The fourth-order valence-electron chi connectivity index (χ4n) is 2.94. The number of nitrogens with one attached hydrogen (secondary N) is 1. The first-order chi connectivity index (χ1) is 14.1. The summed E-state index contributed by atoms with van der Waals surface area (Å²) < 4.78 is 16.2.